The van der Waals surface area contributed by atoms with Gasteiger partial charge in [-0.15, -0.1) is 0 Å². The zero-order chi connectivity index (χ0) is 14.5. The SMILES string of the molecule is CN(CC(=O)N1CCCC1)C(=O)CN1CCC(N)CC1. The summed E-state index contributed by atoms with van der Waals surface area (Å²) in [6.07, 6.45) is 4.06. The molecule has 0 aliphatic carbocycles. The van der Waals surface area contributed by atoms with Gasteiger partial charge in [0.2, 0.25) is 11.8 Å². The van der Waals surface area contributed by atoms with Crippen LogP contribution in [-0.2, 0) is 9.59 Å². The fourth-order valence-corrected chi connectivity index (χ4v) is 2.78. The second kappa shape index (κ2) is 7.04. The maximum absolute atomic E-state index is 12.1. The molecule has 0 saturated carbocycles. The third-order valence-corrected chi connectivity index (χ3v) is 4.25. The van der Waals surface area contributed by atoms with Crippen molar-refractivity contribution in [2.45, 2.75) is 31.7 Å². The first-order chi connectivity index (χ1) is 9.56. The molecule has 2 saturated heterocycles. The van der Waals surface area contributed by atoms with Crippen LogP contribution in [-0.4, -0.2) is 78.9 Å². The van der Waals surface area contributed by atoms with Crippen LogP contribution >= 0.6 is 0 Å². The highest BCUT2D eigenvalue weighted by Crippen LogP contribution is 2.09. The Labute approximate surface area is 120 Å². The molecule has 2 N–H and O–H groups in total. The average Bonchev–Trinajstić information content (AvgIpc) is 2.95. The van der Waals surface area contributed by atoms with Gasteiger partial charge in [-0.05, 0) is 25.7 Å². The lowest BCUT2D eigenvalue weighted by atomic mass is 10.1. The quantitative estimate of drug-likeness (QED) is 0.754. The predicted molar refractivity (Wildman–Crippen MR) is 77.1 cm³/mol. The number of hydrogen-bond acceptors (Lipinski definition) is 4. The van der Waals surface area contributed by atoms with Crippen molar-refractivity contribution >= 4 is 11.8 Å². The second-order valence-electron chi connectivity index (χ2n) is 5.95. The molecule has 2 aliphatic rings. The first-order valence-electron chi connectivity index (χ1n) is 7.56. The minimum Gasteiger partial charge on any atom is -0.341 e. The Hall–Kier alpha value is -1.14. The predicted octanol–water partition coefficient (Wildman–Crippen LogP) is -0.510. The van der Waals surface area contributed by atoms with Crippen LogP contribution in [0.15, 0.2) is 0 Å². The van der Waals surface area contributed by atoms with Crippen molar-refractivity contribution in [2.24, 2.45) is 5.73 Å². The lowest BCUT2D eigenvalue weighted by molar-refractivity contribution is -0.139. The highest BCUT2D eigenvalue weighted by molar-refractivity contribution is 5.85. The summed E-state index contributed by atoms with van der Waals surface area (Å²) in [5, 5.41) is 0. The molecule has 0 aromatic carbocycles. The molecule has 0 atom stereocenters. The Morgan fingerprint density at radius 1 is 1.15 bits per heavy atom. The first kappa shape index (κ1) is 15.3. The van der Waals surface area contributed by atoms with E-state index in [2.05, 4.69) is 4.90 Å². The van der Waals surface area contributed by atoms with E-state index in [-0.39, 0.29) is 24.4 Å². The molecule has 20 heavy (non-hydrogen) atoms. The van der Waals surface area contributed by atoms with Crippen molar-refractivity contribution in [3.05, 3.63) is 0 Å². The molecule has 6 nitrogen and oxygen atoms in total. The molecule has 2 rings (SSSR count). The summed E-state index contributed by atoms with van der Waals surface area (Å²) in [6.45, 7) is 4.03. The highest BCUT2D eigenvalue weighted by atomic mass is 16.2. The monoisotopic (exact) mass is 282 g/mol. The molecule has 0 aromatic heterocycles. The minimum absolute atomic E-state index is 0.0213. The number of carbonyl (C=O) groups is 2. The maximum Gasteiger partial charge on any atom is 0.242 e. The van der Waals surface area contributed by atoms with Gasteiger partial charge >= 0.3 is 0 Å². The Kier molecular flexibility index (Phi) is 5.37. The van der Waals surface area contributed by atoms with Crippen LogP contribution in [0.3, 0.4) is 0 Å². The molecule has 2 aliphatic heterocycles. The van der Waals surface area contributed by atoms with E-state index in [4.69, 9.17) is 5.73 Å². The second-order valence-corrected chi connectivity index (χ2v) is 5.95. The number of likely N-dealkylation sites (N-methyl/N-ethyl adjacent to an activating group) is 1. The Bertz CT molecular complexity index is 347. The van der Waals surface area contributed by atoms with E-state index in [9.17, 15) is 9.59 Å². The van der Waals surface area contributed by atoms with Gasteiger partial charge in [-0.25, -0.2) is 0 Å². The fourth-order valence-electron chi connectivity index (χ4n) is 2.78. The number of carbonyl (C=O) groups excluding carboxylic acids is 2. The first-order valence-corrected chi connectivity index (χ1v) is 7.56. The van der Waals surface area contributed by atoms with Gasteiger partial charge < -0.3 is 15.5 Å². The van der Waals surface area contributed by atoms with Crippen molar-refractivity contribution in [1.29, 1.82) is 0 Å². The van der Waals surface area contributed by atoms with Crippen molar-refractivity contribution in [1.82, 2.24) is 14.7 Å². The summed E-state index contributed by atoms with van der Waals surface area (Å²) in [6, 6.07) is 0.274. The van der Waals surface area contributed by atoms with Gasteiger partial charge in [0.1, 0.15) is 0 Å². The molecule has 2 amide bonds. The Morgan fingerprint density at radius 3 is 2.35 bits per heavy atom. The van der Waals surface area contributed by atoms with Crippen LogP contribution in [0.4, 0.5) is 0 Å². The van der Waals surface area contributed by atoms with Crippen LogP contribution in [0, 0.1) is 0 Å². The summed E-state index contributed by atoms with van der Waals surface area (Å²) in [7, 11) is 1.71. The van der Waals surface area contributed by atoms with Crippen molar-refractivity contribution in [3.63, 3.8) is 0 Å². The van der Waals surface area contributed by atoms with Gasteiger partial charge in [0, 0.05) is 39.3 Å². The fraction of sp³-hybridized carbons (Fsp3) is 0.857. The zero-order valence-corrected chi connectivity index (χ0v) is 12.4. The summed E-state index contributed by atoms with van der Waals surface area (Å²) in [5.41, 5.74) is 5.85. The van der Waals surface area contributed by atoms with E-state index in [0.29, 0.717) is 6.54 Å². The topological polar surface area (TPSA) is 69.9 Å². The van der Waals surface area contributed by atoms with Gasteiger partial charge in [-0.3, -0.25) is 14.5 Å². The smallest absolute Gasteiger partial charge is 0.242 e. The maximum atomic E-state index is 12.1. The van der Waals surface area contributed by atoms with Crippen LogP contribution < -0.4 is 5.73 Å². The molecule has 0 spiro atoms. The van der Waals surface area contributed by atoms with E-state index in [1.54, 1.807) is 11.9 Å². The van der Waals surface area contributed by atoms with E-state index in [1.807, 2.05) is 4.90 Å². The summed E-state index contributed by atoms with van der Waals surface area (Å²) < 4.78 is 0. The van der Waals surface area contributed by atoms with Crippen molar-refractivity contribution < 1.29 is 9.59 Å². The van der Waals surface area contributed by atoms with Crippen LogP contribution in [0.5, 0.6) is 0 Å². The van der Waals surface area contributed by atoms with Gasteiger partial charge in [0.05, 0.1) is 13.1 Å². The van der Waals surface area contributed by atoms with E-state index in [1.165, 1.54) is 0 Å². The molecular weight excluding hydrogens is 256 g/mol. The van der Waals surface area contributed by atoms with E-state index >= 15 is 0 Å². The largest absolute Gasteiger partial charge is 0.341 e. The van der Waals surface area contributed by atoms with Crippen molar-refractivity contribution in [2.75, 3.05) is 46.3 Å². The van der Waals surface area contributed by atoms with E-state index < -0.39 is 0 Å². The van der Waals surface area contributed by atoms with E-state index in [0.717, 1.165) is 51.9 Å². The molecule has 0 bridgehead atoms. The molecule has 0 unspecified atom stereocenters. The lowest BCUT2D eigenvalue weighted by Crippen LogP contribution is -2.47. The lowest BCUT2D eigenvalue weighted by Gasteiger charge is -2.31. The van der Waals surface area contributed by atoms with Gasteiger partial charge in [0.15, 0.2) is 0 Å². The number of nitrogens with zero attached hydrogens (tertiary/aromatic N) is 3. The number of piperidine rings is 1. The standard InChI is InChI=1S/C14H26N4O2/c1-16(10-14(20)18-6-2-3-7-18)13(19)11-17-8-4-12(15)5-9-17/h12H,2-11,15H2,1H3. The molecular formula is C14H26N4O2. The van der Waals surface area contributed by atoms with Crippen LogP contribution in [0.1, 0.15) is 25.7 Å². The van der Waals surface area contributed by atoms with Crippen LogP contribution in [0.25, 0.3) is 0 Å². The summed E-state index contributed by atoms with van der Waals surface area (Å²) >= 11 is 0. The zero-order valence-electron chi connectivity index (χ0n) is 12.4. The number of amides is 2. The summed E-state index contributed by atoms with van der Waals surface area (Å²) in [4.78, 5) is 29.7. The number of nitrogens with two attached hydrogens (primary N) is 1. The molecule has 0 radical (unpaired) electrons. The number of likely N-dealkylation sites (tertiary alicyclic amines) is 2. The average molecular weight is 282 g/mol. The highest BCUT2D eigenvalue weighted by Gasteiger charge is 2.23. The Balaban J connectivity index is 1.72. The molecule has 6 heteroatoms. The number of hydrogen-bond donors (Lipinski definition) is 1. The third kappa shape index (κ3) is 4.18. The summed E-state index contributed by atoms with van der Waals surface area (Å²) in [5.74, 6) is 0.0898. The minimum atomic E-state index is 0.0213. The van der Waals surface area contributed by atoms with Gasteiger partial charge in [-0.2, -0.15) is 0 Å². The van der Waals surface area contributed by atoms with Gasteiger partial charge in [-0.1, -0.05) is 0 Å². The third-order valence-electron chi connectivity index (χ3n) is 4.25. The normalized spacial score (nSPS) is 21.2. The van der Waals surface area contributed by atoms with Crippen LogP contribution in [0.2, 0.25) is 0 Å². The molecule has 2 heterocycles. The molecule has 2 fully saturated rings. The number of rotatable bonds is 4. The Morgan fingerprint density at radius 2 is 1.75 bits per heavy atom. The van der Waals surface area contributed by atoms with Gasteiger partial charge in [0.25, 0.3) is 0 Å². The molecule has 0 aromatic rings. The van der Waals surface area contributed by atoms with Crippen molar-refractivity contribution in [3.8, 4) is 0 Å². The molecule has 114 valence electrons.